The molecule has 0 amide bonds. The van der Waals surface area contributed by atoms with Crippen molar-refractivity contribution >= 4 is 0 Å². The maximum absolute atomic E-state index is 6.26. The van der Waals surface area contributed by atoms with Crippen LogP contribution >= 0.6 is 0 Å². The van der Waals surface area contributed by atoms with Crippen molar-refractivity contribution < 1.29 is 0 Å². The summed E-state index contributed by atoms with van der Waals surface area (Å²) in [6.45, 7) is 7.36. The molecule has 0 heterocycles. The fraction of sp³-hybridized carbons (Fsp3) is 0.429. The minimum absolute atomic E-state index is 0.134. The van der Waals surface area contributed by atoms with Crippen molar-refractivity contribution in [3.05, 3.63) is 71.8 Å². The van der Waals surface area contributed by atoms with Crippen LogP contribution in [0, 0.1) is 5.41 Å². The van der Waals surface area contributed by atoms with E-state index in [2.05, 4.69) is 79.4 Å². The van der Waals surface area contributed by atoms with E-state index in [4.69, 9.17) is 5.73 Å². The molecule has 2 nitrogen and oxygen atoms in total. The quantitative estimate of drug-likeness (QED) is 0.866. The average Bonchev–Trinajstić information content (AvgIpc) is 2.53. The first kappa shape index (κ1) is 16.2. The fourth-order valence-electron chi connectivity index (χ4n) is 4.23. The van der Waals surface area contributed by atoms with Crippen LogP contribution < -0.4 is 5.73 Å². The molecule has 2 aromatic carbocycles. The minimum Gasteiger partial charge on any atom is -0.329 e. The molecular formula is C21H28N2. The Balaban J connectivity index is 1.84. The summed E-state index contributed by atoms with van der Waals surface area (Å²) in [6.07, 6.45) is 2.35. The summed E-state index contributed by atoms with van der Waals surface area (Å²) in [6, 6.07) is 21.5. The summed E-state index contributed by atoms with van der Waals surface area (Å²) < 4.78 is 0. The van der Waals surface area contributed by atoms with Crippen molar-refractivity contribution in [3.8, 4) is 0 Å². The number of rotatable bonds is 6. The van der Waals surface area contributed by atoms with Gasteiger partial charge in [0.25, 0.3) is 0 Å². The van der Waals surface area contributed by atoms with Crippen molar-refractivity contribution in [1.29, 1.82) is 0 Å². The van der Waals surface area contributed by atoms with Gasteiger partial charge in [-0.1, -0.05) is 74.5 Å². The molecule has 0 aromatic heterocycles. The molecule has 0 radical (unpaired) electrons. The molecule has 3 rings (SSSR count). The zero-order valence-electron chi connectivity index (χ0n) is 14.3. The Morgan fingerprint density at radius 2 is 1.26 bits per heavy atom. The molecule has 2 N–H and O–H groups in total. The fourth-order valence-corrected chi connectivity index (χ4v) is 4.23. The van der Waals surface area contributed by atoms with Gasteiger partial charge in [-0.2, -0.15) is 0 Å². The highest BCUT2D eigenvalue weighted by molar-refractivity contribution is 5.20. The summed E-state index contributed by atoms with van der Waals surface area (Å²) in [5, 5.41) is 0. The Bertz CT molecular complexity index is 569. The van der Waals surface area contributed by atoms with E-state index >= 15 is 0 Å². The molecule has 23 heavy (non-hydrogen) atoms. The Morgan fingerprint density at radius 3 is 1.61 bits per heavy atom. The van der Waals surface area contributed by atoms with Crippen LogP contribution in [0.3, 0.4) is 0 Å². The molecule has 0 saturated heterocycles. The smallest absolute Gasteiger partial charge is 0.0348 e. The summed E-state index contributed by atoms with van der Waals surface area (Å²) in [5.74, 6) is 0. The highest BCUT2D eigenvalue weighted by Gasteiger charge is 2.51. The van der Waals surface area contributed by atoms with Gasteiger partial charge in [-0.25, -0.2) is 0 Å². The Labute approximate surface area is 140 Å². The van der Waals surface area contributed by atoms with E-state index in [0.717, 1.165) is 19.6 Å². The topological polar surface area (TPSA) is 29.3 Å². The molecule has 0 aliphatic heterocycles. The third kappa shape index (κ3) is 3.65. The number of benzene rings is 2. The Morgan fingerprint density at radius 1 is 0.826 bits per heavy atom. The lowest BCUT2D eigenvalue weighted by atomic mass is 9.58. The van der Waals surface area contributed by atoms with Crippen LogP contribution in [-0.4, -0.2) is 17.0 Å². The molecule has 1 fully saturated rings. The standard InChI is InChI=1S/C21H28N2/c1-20(2)15-21(16-20,17-22)23(13-18-9-5-3-6-10-18)14-19-11-7-4-8-12-19/h3-12H,13-17,22H2,1-2H3. The second kappa shape index (κ2) is 6.46. The summed E-state index contributed by atoms with van der Waals surface area (Å²) in [7, 11) is 0. The van der Waals surface area contributed by atoms with E-state index < -0.39 is 0 Å². The first-order valence-electron chi connectivity index (χ1n) is 8.56. The van der Waals surface area contributed by atoms with Gasteiger partial charge in [-0.05, 0) is 29.4 Å². The van der Waals surface area contributed by atoms with Gasteiger partial charge < -0.3 is 5.73 Å². The molecular weight excluding hydrogens is 280 g/mol. The summed E-state index contributed by atoms with van der Waals surface area (Å²) >= 11 is 0. The van der Waals surface area contributed by atoms with E-state index in [9.17, 15) is 0 Å². The first-order valence-corrected chi connectivity index (χ1v) is 8.56. The van der Waals surface area contributed by atoms with Crippen LogP contribution in [0.4, 0.5) is 0 Å². The SMILES string of the molecule is CC1(C)CC(CN)(N(Cc2ccccc2)Cc2ccccc2)C1. The molecule has 1 aliphatic carbocycles. The van der Waals surface area contributed by atoms with E-state index in [-0.39, 0.29) is 5.54 Å². The third-order valence-corrected chi connectivity index (χ3v) is 5.10. The van der Waals surface area contributed by atoms with Crippen LogP contribution in [0.2, 0.25) is 0 Å². The Hall–Kier alpha value is -1.64. The number of nitrogens with zero attached hydrogens (tertiary/aromatic N) is 1. The predicted molar refractivity (Wildman–Crippen MR) is 96.9 cm³/mol. The highest BCUT2D eigenvalue weighted by atomic mass is 15.2. The van der Waals surface area contributed by atoms with Crippen LogP contribution in [0.25, 0.3) is 0 Å². The van der Waals surface area contributed by atoms with Gasteiger partial charge in [0.2, 0.25) is 0 Å². The predicted octanol–water partition coefficient (Wildman–Crippen LogP) is 4.21. The maximum atomic E-state index is 6.26. The van der Waals surface area contributed by atoms with Crippen LogP contribution in [-0.2, 0) is 13.1 Å². The lowest BCUT2D eigenvalue weighted by Gasteiger charge is -2.58. The van der Waals surface area contributed by atoms with Crippen molar-refractivity contribution in [3.63, 3.8) is 0 Å². The molecule has 0 atom stereocenters. The third-order valence-electron chi connectivity index (χ3n) is 5.10. The molecule has 0 unspecified atom stereocenters. The van der Waals surface area contributed by atoms with E-state index in [1.165, 1.54) is 24.0 Å². The van der Waals surface area contributed by atoms with Gasteiger partial charge in [0.05, 0.1) is 0 Å². The van der Waals surface area contributed by atoms with E-state index in [1.54, 1.807) is 0 Å². The second-order valence-corrected chi connectivity index (χ2v) is 7.77. The molecule has 122 valence electrons. The van der Waals surface area contributed by atoms with Crippen LogP contribution in [0.15, 0.2) is 60.7 Å². The first-order chi connectivity index (χ1) is 11.0. The van der Waals surface area contributed by atoms with Gasteiger partial charge in [0.1, 0.15) is 0 Å². The monoisotopic (exact) mass is 308 g/mol. The lowest BCUT2D eigenvalue weighted by Crippen LogP contribution is -2.63. The van der Waals surface area contributed by atoms with E-state index in [1.807, 2.05) is 0 Å². The zero-order valence-corrected chi connectivity index (χ0v) is 14.3. The van der Waals surface area contributed by atoms with Crippen molar-refractivity contribution in [2.75, 3.05) is 6.54 Å². The molecule has 1 aliphatic rings. The van der Waals surface area contributed by atoms with Crippen LogP contribution in [0.1, 0.15) is 37.8 Å². The second-order valence-electron chi connectivity index (χ2n) is 7.77. The van der Waals surface area contributed by atoms with Gasteiger partial charge in [0.15, 0.2) is 0 Å². The molecule has 2 heteroatoms. The van der Waals surface area contributed by atoms with Gasteiger partial charge in [0, 0.05) is 25.2 Å². The van der Waals surface area contributed by atoms with Gasteiger partial charge >= 0.3 is 0 Å². The molecule has 0 bridgehead atoms. The summed E-state index contributed by atoms with van der Waals surface area (Å²) in [5.41, 5.74) is 9.52. The number of nitrogens with two attached hydrogens (primary N) is 1. The maximum Gasteiger partial charge on any atom is 0.0348 e. The average molecular weight is 308 g/mol. The largest absolute Gasteiger partial charge is 0.329 e. The van der Waals surface area contributed by atoms with Crippen molar-refractivity contribution in [1.82, 2.24) is 4.90 Å². The molecule has 0 spiro atoms. The normalized spacial score (nSPS) is 18.6. The zero-order chi connectivity index (χ0) is 16.3. The van der Waals surface area contributed by atoms with Gasteiger partial charge in [-0.15, -0.1) is 0 Å². The summed E-state index contributed by atoms with van der Waals surface area (Å²) in [4.78, 5) is 2.60. The van der Waals surface area contributed by atoms with Crippen molar-refractivity contribution in [2.24, 2.45) is 11.1 Å². The van der Waals surface area contributed by atoms with Crippen molar-refractivity contribution in [2.45, 2.75) is 45.3 Å². The van der Waals surface area contributed by atoms with E-state index in [0.29, 0.717) is 5.41 Å². The minimum atomic E-state index is 0.134. The number of hydrogen-bond acceptors (Lipinski definition) is 2. The number of hydrogen-bond donors (Lipinski definition) is 1. The lowest BCUT2D eigenvalue weighted by molar-refractivity contribution is -0.0716. The van der Waals surface area contributed by atoms with Crippen LogP contribution in [0.5, 0.6) is 0 Å². The Kier molecular flexibility index (Phi) is 4.56. The molecule has 2 aromatic rings. The molecule has 1 saturated carbocycles. The highest BCUT2D eigenvalue weighted by Crippen LogP contribution is 2.51. The van der Waals surface area contributed by atoms with Gasteiger partial charge in [-0.3, -0.25) is 4.90 Å².